The monoisotopic (exact) mass is 258 g/mol. The summed E-state index contributed by atoms with van der Waals surface area (Å²) >= 11 is 0. The molecule has 3 rings (SSSR count). The second kappa shape index (κ2) is 5.33. The summed E-state index contributed by atoms with van der Waals surface area (Å²) in [6, 6.07) is 8.55. The Morgan fingerprint density at radius 2 is 2.05 bits per heavy atom. The zero-order valence-electron chi connectivity index (χ0n) is 11.3. The van der Waals surface area contributed by atoms with Crippen molar-refractivity contribution in [3.8, 4) is 0 Å². The van der Waals surface area contributed by atoms with Gasteiger partial charge in [-0.15, -0.1) is 0 Å². The number of amides is 1. The number of fused-ring (bicyclic) bond motifs is 1. The van der Waals surface area contributed by atoms with E-state index in [9.17, 15) is 4.79 Å². The number of carbonyl (C=O) groups is 1. The van der Waals surface area contributed by atoms with E-state index in [0.717, 1.165) is 32.2 Å². The van der Waals surface area contributed by atoms with Crippen molar-refractivity contribution in [2.24, 2.45) is 11.7 Å². The standard InChI is InChI=1S/C16H22N2O/c17-15-8-4-3-7-14(15)16(19)18-10-12-9-11-5-1-2-6-13(11)12/h1-2,5-6,12,14-15H,3-4,7-10,17H2,(H,18,19). The normalized spacial score (nSPS) is 29.2. The Labute approximate surface area is 114 Å². The van der Waals surface area contributed by atoms with E-state index >= 15 is 0 Å². The van der Waals surface area contributed by atoms with Gasteiger partial charge in [0.1, 0.15) is 0 Å². The molecule has 0 heterocycles. The Morgan fingerprint density at radius 3 is 2.84 bits per heavy atom. The molecule has 1 aromatic rings. The Bertz CT molecular complexity index is 472. The molecule has 102 valence electrons. The van der Waals surface area contributed by atoms with Gasteiger partial charge in [0.2, 0.25) is 5.91 Å². The maximum absolute atomic E-state index is 12.2. The molecule has 0 saturated heterocycles. The minimum atomic E-state index is 0.0315. The van der Waals surface area contributed by atoms with Crippen molar-refractivity contribution < 1.29 is 4.79 Å². The number of benzene rings is 1. The topological polar surface area (TPSA) is 55.1 Å². The Balaban J connectivity index is 1.52. The average Bonchev–Trinajstić information content (AvgIpc) is 2.40. The molecule has 0 aromatic heterocycles. The molecule has 3 heteroatoms. The maximum atomic E-state index is 12.2. The predicted octanol–water partition coefficient (Wildman–Crippen LogP) is 1.96. The van der Waals surface area contributed by atoms with Crippen LogP contribution in [0.1, 0.15) is 42.7 Å². The number of rotatable bonds is 3. The Kier molecular flexibility index (Phi) is 3.56. The van der Waals surface area contributed by atoms with E-state index in [0.29, 0.717) is 5.92 Å². The molecule has 3 nitrogen and oxygen atoms in total. The number of hydrogen-bond donors (Lipinski definition) is 2. The van der Waals surface area contributed by atoms with Gasteiger partial charge >= 0.3 is 0 Å². The van der Waals surface area contributed by atoms with Crippen LogP contribution in [0.2, 0.25) is 0 Å². The van der Waals surface area contributed by atoms with Crippen LogP contribution in [0, 0.1) is 5.92 Å². The lowest BCUT2D eigenvalue weighted by atomic mass is 9.77. The first-order valence-electron chi connectivity index (χ1n) is 7.37. The van der Waals surface area contributed by atoms with Gasteiger partial charge < -0.3 is 11.1 Å². The number of nitrogens with two attached hydrogens (primary N) is 1. The number of hydrogen-bond acceptors (Lipinski definition) is 2. The van der Waals surface area contributed by atoms with Gasteiger partial charge in [0.05, 0.1) is 5.92 Å². The quantitative estimate of drug-likeness (QED) is 0.870. The first kappa shape index (κ1) is 12.7. The molecular weight excluding hydrogens is 236 g/mol. The van der Waals surface area contributed by atoms with Crippen LogP contribution in [0.5, 0.6) is 0 Å². The van der Waals surface area contributed by atoms with Gasteiger partial charge in [0.15, 0.2) is 0 Å². The summed E-state index contributed by atoms with van der Waals surface area (Å²) in [5, 5.41) is 3.11. The fraction of sp³-hybridized carbons (Fsp3) is 0.562. The molecular formula is C16H22N2O. The van der Waals surface area contributed by atoms with Crippen molar-refractivity contribution in [3.05, 3.63) is 35.4 Å². The summed E-state index contributed by atoms with van der Waals surface area (Å²) in [6.45, 7) is 0.763. The second-order valence-electron chi connectivity index (χ2n) is 5.90. The Morgan fingerprint density at radius 1 is 1.26 bits per heavy atom. The van der Waals surface area contributed by atoms with Crippen LogP contribution in [0.25, 0.3) is 0 Å². The van der Waals surface area contributed by atoms with Crippen LogP contribution in [-0.4, -0.2) is 18.5 Å². The maximum Gasteiger partial charge on any atom is 0.224 e. The largest absolute Gasteiger partial charge is 0.355 e. The summed E-state index contributed by atoms with van der Waals surface area (Å²) < 4.78 is 0. The van der Waals surface area contributed by atoms with Gasteiger partial charge in [0.25, 0.3) is 0 Å². The van der Waals surface area contributed by atoms with Crippen molar-refractivity contribution in [2.75, 3.05) is 6.54 Å². The van der Waals surface area contributed by atoms with E-state index in [-0.39, 0.29) is 17.9 Å². The lowest BCUT2D eigenvalue weighted by Crippen LogP contribution is -2.45. The first-order chi connectivity index (χ1) is 9.25. The van der Waals surface area contributed by atoms with Crippen LogP contribution < -0.4 is 11.1 Å². The van der Waals surface area contributed by atoms with E-state index in [4.69, 9.17) is 5.73 Å². The lowest BCUT2D eigenvalue weighted by molar-refractivity contribution is -0.126. The zero-order valence-corrected chi connectivity index (χ0v) is 11.3. The van der Waals surface area contributed by atoms with E-state index in [1.54, 1.807) is 0 Å². The van der Waals surface area contributed by atoms with Gasteiger partial charge in [-0.3, -0.25) is 4.79 Å². The van der Waals surface area contributed by atoms with Gasteiger partial charge in [-0.2, -0.15) is 0 Å². The fourth-order valence-electron chi connectivity index (χ4n) is 3.38. The van der Waals surface area contributed by atoms with Gasteiger partial charge in [0, 0.05) is 18.5 Å². The van der Waals surface area contributed by atoms with Gasteiger partial charge in [-0.1, -0.05) is 37.1 Å². The summed E-state index contributed by atoms with van der Waals surface area (Å²) in [5.41, 5.74) is 8.87. The third-order valence-electron chi connectivity index (χ3n) is 4.64. The summed E-state index contributed by atoms with van der Waals surface area (Å²) in [5.74, 6) is 0.695. The van der Waals surface area contributed by atoms with Crippen molar-refractivity contribution >= 4 is 5.91 Å². The van der Waals surface area contributed by atoms with Gasteiger partial charge in [-0.25, -0.2) is 0 Å². The molecule has 1 aromatic carbocycles. The molecule has 0 aliphatic heterocycles. The highest BCUT2D eigenvalue weighted by Crippen LogP contribution is 2.34. The number of carbonyl (C=O) groups excluding carboxylic acids is 1. The van der Waals surface area contributed by atoms with Gasteiger partial charge in [-0.05, 0) is 30.4 Å². The minimum absolute atomic E-state index is 0.0315. The molecule has 0 bridgehead atoms. The van der Waals surface area contributed by atoms with E-state index in [2.05, 4.69) is 29.6 Å². The minimum Gasteiger partial charge on any atom is -0.355 e. The van der Waals surface area contributed by atoms with Crippen LogP contribution in [-0.2, 0) is 11.2 Å². The highest BCUT2D eigenvalue weighted by molar-refractivity contribution is 5.79. The van der Waals surface area contributed by atoms with Crippen LogP contribution >= 0.6 is 0 Å². The van der Waals surface area contributed by atoms with Crippen molar-refractivity contribution in [3.63, 3.8) is 0 Å². The fourth-order valence-corrected chi connectivity index (χ4v) is 3.38. The molecule has 0 radical (unpaired) electrons. The second-order valence-corrected chi connectivity index (χ2v) is 5.90. The molecule has 1 fully saturated rings. The highest BCUT2D eigenvalue weighted by atomic mass is 16.1. The SMILES string of the molecule is NC1CCCCC1C(=O)NCC1Cc2ccccc21. The molecule has 3 unspecified atom stereocenters. The Hall–Kier alpha value is -1.35. The summed E-state index contributed by atoms with van der Waals surface area (Å²) in [4.78, 5) is 12.2. The third kappa shape index (κ3) is 2.52. The molecule has 2 aliphatic rings. The van der Waals surface area contributed by atoms with Crippen LogP contribution in [0.4, 0.5) is 0 Å². The third-order valence-corrected chi connectivity index (χ3v) is 4.64. The smallest absolute Gasteiger partial charge is 0.224 e. The van der Waals surface area contributed by atoms with Crippen molar-refractivity contribution in [2.45, 2.75) is 44.1 Å². The molecule has 19 heavy (non-hydrogen) atoms. The number of nitrogens with one attached hydrogen (secondary N) is 1. The predicted molar refractivity (Wildman–Crippen MR) is 75.8 cm³/mol. The molecule has 1 saturated carbocycles. The van der Waals surface area contributed by atoms with Crippen LogP contribution in [0.15, 0.2) is 24.3 Å². The van der Waals surface area contributed by atoms with E-state index in [1.165, 1.54) is 17.5 Å². The lowest BCUT2D eigenvalue weighted by Gasteiger charge is -2.32. The molecule has 3 N–H and O–H groups in total. The zero-order chi connectivity index (χ0) is 13.2. The van der Waals surface area contributed by atoms with E-state index < -0.39 is 0 Å². The van der Waals surface area contributed by atoms with Crippen LogP contribution in [0.3, 0.4) is 0 Å². The summed E-state index contributed by atoms with van der Waals surface area (Å²) in [6.07, 6.45) is 5.34. The average molecular weight is 258 g/mol. The molecule has 3 atom stereocenters. The summed E-state index contributed by atoms with van der Waals surface area (Å²) in [7, 11) is 0. The first-order valence-corrected chi connectivity index (χ1v) is 7.37. The van der Waals surface area contributed by atoms with Crippen molar-refractivity contribution in [1.29, 1.82) is 0 Å². The van der Waals surface area contributed by atoms with Crippen molar-refractivity contribution in [1.82, 2.24) is 5.32 Å². The molecule has 1 amide bonds. The van der Waals surface area contributed by atoms with E-state index in [1.807, 2.05) is 0 Å². The molecule has 2 aliphatic carbocycles. The highest BCUT2D eigenvalue weighted by Gasteiger charge is 2.30. The molecule has 0 spiro atoms.